The second kappa shape index (κ2) is 7.64. The van der Waals surface area contributed by atoms with Crippen molar-refractivity contribution in [2.24, 2.45) is 0 Å². The minimum Gasteiger partial charge on any atom is -0.480 e. The van der Waals surface area contributed by atoms with Crippen molar-refractivity contribution < 1.29 is 14.7 Å². The molecular formula is C17H22O3S. The van der Waals surface area contributed by atoms with Crippen molar-refractivity contribution in [1.29, 1.82) is 0 Å². The monoisotopic (exact) mass is 306 g/mol. The molecule has 1 aliphatic carbocycles. The predicted octanol–water partition coefficient (Wildman–Crippen LogP) is 4.09. The summed E-state index contributed by atoms with van der Waals surface area (Å²) in [7, 11) is 0. The van der Waals surface area contributed by atoms with Gasteiger partial charge in [-0.3, -0.25) is 9.59 Å². The topological polar surface area (TPSA) is 54.4 Å². The number of aryl methyl sites for hydroxylation is 1. The minimum absolute atomic E-state index is 0.0780. The summed E-state index contributed by atoms with van der Waals surface area (Å²) in [6.45, 7) is 1.97. The maximum atomic E-state index is 12.2. The SMILES string of the molecule is Cc1ccc(C(=O)C[C@@H](SC2CCCCC2)C(=O)O)cc1. The molecule has 1 aromatic carbocycles. The van der Waals surface area contributed by atoms with Crippen LogP contribution in [0.5, 0.6) is 0 Å². The second-order valence-corrected chi connectivity index (χ2v) is 7.22. The van der Waals surface area contributed by atoms with Crippen molar-refractivity contribution in [2.45, 2.75) is 55.9 Å². The highest BCUT2D eigenvalue weighted by Crippen LogP contribution is 2.32. The number of carboxylic acids is 1. The Morgan fingerprint density at radius 3 is 2.38 bits per heavy atom. The van der Waals surface area contributed by atoms with E-state index in [4.69, 9.17) is 0 Å². The molecule has 0 saturated heterocycles. The average Bonchev–Trinajstić information content (AvgIpc) is 2.48. The summed E-state index contributed by atoms with van der Waals surface area (Å²) in [5, 5.41) is 9.14. The Morgan fingerprint density at radius 2 is 1.81 bits per heavy atom. The summed E-state index contributed by atoms with van der Waals surface area (Å²) < 4.78 is 0. The van der Waals surface area contributed by atoms with Crippen LogP contribution < -0.4 is 0 Å². The minimum atomic E-state index is -0.869. The first kappa shape index (κ1) is 16.1. The highest BCUT2D eigenvalue weighted by Gasteiger charge is 2.27. The van der Waals surface area contributed by atoms with Crippen LogP contribution in [0.15, 0.2) is 24.3 Å². The van der Waals surface area contributed by atoms with Gasteiger partial charge in [0.1, 0.15) is 5.25 Å². The molecule has 0 radical (unpaired) electrons. The Hall–Kier alpha value is -1.29. The molecule has 0 unspecified atom stereocenters. The third-order valence-corrected chi connectivity index (χ3v) is 5.48. The van der Waals surface area contributed by atoms with Crippen molar-refractivity contribution in [3.63, 3.8) is 0 Å². The Morgan fingerprint density at radius 1 is 1.19 bits per heavy atom. The Kier molecular flexibility index (Phi) is 5.85. The molecule has 114 valence electrons. The molecule has 0 amide bonds. The number of aliphatic carboxylic acids is 1. The van der Waals surface area contributed by atoms with E-state index in [1.807, 2.05) is 19.1 Å². The molecule has 1 saturated carbocycles. The van der Waals surface area contributed by atoms with Gasteiger partial charge >= 0.3 is 5.97 Å². The maximum absolute atomic E-state index is 12.2. The van der Waals surface area contributed by atoms with Gasteiger partial charge < -0.3 is 5.11 Å². The number of hydrogen-bond donors (Lipinski definition) is 1. The van der Waals surface area contributed by atoms with E-state index in [0.29, 0.717) is 10.8 Å². The lowest BCUT2D eigenvalue weighted by Gasteiger charge is -2.24. The number of hydrogen-bond acceptors (Lipinski definition) is 3. The van der Waals surface area contributed by atoms with Crippen molar-refractivity contribution >= 4 is 23.5 Å². The van der Waals surface area contributed by atoms with E-state index in [-0.39, 0.29) is 12.2 Å². The third-order valence-electron chi connectivity index (χ3n) is 3.93. The fourth-order valence-electron chi connectivity index (χ4n) is 2.65. The molecule has 1 aliphatic rings. The summed E-state index contributed by atoms with van der Waals surface area (Å²) in [4.78, 5) is 23.7. The van der Waals surface area contributed by atoms with Gasteiger partial charge in [0, 0.05) is 17.2 Å². The van der Waals surface area contributed by atoms with Crippen LogP contribution in [0.4, 0.5) is 0 Å². The molecule has 1 N–H and O–H groups in total. The first-order chi connectivity index (χ1) is 10.1. The summed E-state index contributed by atoms with van der Waals surface area (Å²) in [6.07, 6.45) is 5.84. The van der Waals surface area contributed by atoms with Crippen molar-refractivity contribution in [3.05, 3.63) is 35.4 Å². The molecule has 1 aromatic rings. The van der Waals surface area contributed by atoms with Gasteiger partial charge in [-0.05, 0) is 19.8 Å². The molecule has 0 aliphatic heterocycles. The van der Waals surface area contributed by atoms with Crippen LogP contribution in [-0.2, 0) is 4.79 Å². The fourth-order valence-corrected chi connectivity index (χ4v) is 4.09. The van der Waals surface area contributed by atoms with Crippen LogP contribution >= 0.6 is 11.8 Å². The lowest BCUT2D eigenvalue weighted by atomic mass is 10.0. The van der Waals surface area contributed by atoms with Crippen LogP contribution in [0.2, 0.25) is 0 Å². The van der Waals surface area contributed by atoms with E-state index in [1.165, 1.54) is 31.0 Å². The summed E-state index contributed by atoms with van der Waals surface area (Å²) in [6, 6.07) is 7.33. The van der Waals surface area contributed by atoms with Crippen molar-refractivity contribution in [2.75, 3.05) is 0 Å². The van der Waals surface area contributed by atoms with Crippen LogP contribution in [0.1, 0.15) is 54.4 Å². The van der Waals surface area contributed by atoms with Crippen LogP contribution in [0.3, 0.4) is 0 Å². The molecule has 3 nitrogen and oxygen atoms in total. The molecule has 1 fully saturated rings. The number of ketones is 1. The third kappa shape index (κ3) is 4.88. The standard InChI is InChI=1S/C17H22O3S/c1-12-7-9-13(10-8-12)15(18)11-16(17(19)20)21-14-5-3-2-4-6-14/h7-10,14,16H,2-6,11H2,1H3,(H,19,20)/t16-/m1/s1. The molecule has 0 spiro atoms. The Labute approximate surface area is 130 Å². The van der Waals surface area contributed by atoms with Gasteiger partial charge in [-0.1, -0.05) is 49.1 Å². The molecule has 2 rings (SSSR count). The van der Waals surface area contributed by atoms with Crippen molar-refractivity contribution in [1.82, 2.24) is 0 Å². The number of Topliss-reactive ketones (excluding diaryl/α,β-unsaturated/α-hetero) is 1. The molecular weight excluding hydrogens is 284 g/mol. The first-order valence-electron chi connectivity index (χ1n) is 7.54. The molecule has 21 heavy (non-hydrogen) atoms. The molecule has 1 atom stereocenters. The number of benzene rings is 1. The second-order valence-electron chi connectivity index (χ2n) is 5.72. The van der Waals surface area contributed by atoms with Gasteiger partial charge in [0.25, 0.3) is 0 Å². The van der Waals surface area contributed by atoms with Gasteiger partial charge in [-0.15, -0.1) is 11.8 Å². The van der Waals surface area contributed by atoms with Gasteiger partial charge in [0.2, 0.25) is 0 Å². The number of carbonyl (C=O) groups is 2. The smallest absolute Gasteiger partial charge is 0.317 e. The molecule has 4 heteroatoms. The first-order valence-corrected chi connectivity index (χ1v) is 8.48. The quantitative estimate of drug-likeness (QED) is 0.804. The number of carbonyl (C=O) groups excluding carboxylic acids is 1. The zero-order valence-electron chi connectivity index (χ0n) is 12.4. The van der Waals surface area contributed by atoms with Crippen molar-refractivity contribution in [3.8, 4) is 0 Å². The Balaban J connectivity index is 1.96. The Bertz CT molecular complexity index is 489. The number of thioether (sulfide) groups is 1. The van der Waals surface area contributed by atoms with E-state index in [0.717, 1.165) is 18.4 Å². The van der Waals surface area contributed by atoms with Gasteiger partial charge in [0.05, 0.1) is 0 Å². The summed E-state index contributed by atoms with van der Waals surface area (Å²) in [5.74, 6) is -0.947. The van der Waals surface area contributed by atoms with Gasteiger partial charge in [0.15, 0.2) is 5.78 Å². The lowest BCUT2D eigenvalue weighted by molar-refractivity contribution is -0.136. The van der Waals surface area contributed by atoms with E-state index >= 15 is 0 Å². The normalized spacial score (nSPS) is 17.4. The average molecular weight is 306 g/mol. The van der Waals surface area contributed by atoms with E-state index < -0.39 is 11.2 Å². The number of rotatable bonds is 6. The van der Waals surface area contributed by atoms with Crippen LogP contribution in [0.25, 0.3) is 0 Å². The zero-order chi connectivity index (χ0) is 15.2. The predicted molar refractivity (Wildman–Crippen MR) is 86.0 cm³/mol. The van der Waals surface area contributed by atoms with E-state index in [9.17, 15) is 14.7 Å². The van der Waals surface area contributed by atoms with E-state index in [1.54, 1.807) is 12.1 Å². The van der Waals surface area contributed by atoms with Crippen LogP contribution in [0, 0.1) is 6.92 Å². The maximum Gasteiger partial charge on any atom is 0.317 e. The van der Waals surface area contributed by atoms with E-state index in [2.05, 4.69) is 0 Å². The summed E-state index contributed by atoms with van der Waals surface area (Å²) >= 11 is 1.48. The highest BCUT2D eigenvalue weighted by atomic mass is 32.2. The van der Waals surface area contributed by atoms with Crippen LogP contribution in [-0.4, -0.2) is 27.4 Å². The lowest BCUT2D eigenvalue weighted by Crippen LogP contribution is -2.24. The molecule has 0 aromatic heterocycles. The largest absolute Gasteiger partial charge is 0.480 e. The molecule has 0 heterocycles. The highest BCUT2D eigenvalue weighted by molar-refractivity contribution is 8.01. The summed E-state index contributed by atoms with van der Waals surface area (Å²) in [5.41, 5.74) is 1.70. The molecule has 0 bridgehead atoms. The van der Waals surface area contributed by atoms with Gasteiger partial charge in [-0.25, -0.2) is 0 Å². The number of carboxylic acid groups (broad SMARTS) is 1. The van der Waals surface area contributed by atoms with Gasteiger partial charge in [-0.2, -0.15) is 0 Å². The fraction of sp³-hybridized carbons (Fsp3) is 0.529. The zero-order valence-corrected chi connectivity index (χ0v) is 13.2.